The maximum absolute atomic E-state index is 11.5. The molecule has 17 heavy (non-hydrogen) atoms. The normalized spacial score (nSPS) is 25.3. The van der Waals surface area contributed by atoms with E-state index in [1.54, 1.807) is 0 Å². The molecule has 2 aliphatic rings. The second-order valence-electron chi connectivity index (χ2n) is 4.79. The molecule has 0 spiro atoms. The maximum atomic E-state index is 11.5. The Morgan fingerprint density at radius 3 is 2.71 bits per heavy atom. The van der Waals surface area contributed by atoms with Gasteiger partial charge in [0.1, 0.15) is 5.54 Å². The Labute approximate surface area is 99.7 Å². The van der Waals surface area contributed by atoms with Gasteiger partial charge in [0.05, 0.1) is 0 Å². The molecule has 1 saturated carbocycles. The lowest BCUT2D eigenvalue weighted by atomic mass is 10.1. The van der Waals surface area contributed by atoms with E-state index in [0.717, 1.165) is 26.1 Å². The van der Waals surface area contributed by atoms with Crippen LogP contribution < -0.4 is 10.6 Å². The van der Waals surface area contributed by atoms with Crippen LogP contribution in [0.5, 0.6) is 0 Å². The van der Waals surface area contributed by atoms with Gasteiger partial charge in [-0.15, -0.1) is 0 Å². The predicted molar refractivity (Wildman–Crippen MR) is 59.7 cm³/mol. The molecule has 1 atom stereocenters. The van der Waals surface area contributed by atoms with Gasteiger partial charge in [-0.05, 0) is 31.6 Å². The average Bonchev–Trinajstić information content (AvgIpc) is 2.87. The maximum Gasteiger partial charge on any atom is 0.329 e. The third-order valence-corrected chi connectivity index (χ3v) is 3.37. The van der Waals surface area contributed by atoms with Gasteiger partial charge in [-0.3, -0.25) is 0 Å². The fourth-order valence-electron chi connectivity index (χ4n) is 1.98. The van der Waals surface area contributed by atoms with Gasteiger partial charge in [0, 0.05) is 19.8 Å². The fourth-order valence-corrected chi connectivity index (χ4v) is 1.98. The molecular weight excluding hydrogens is 224 g/mol. The highest BCUT2D eigenvalue weighted by atomic mass is 16.5. The Balaban J connectivity index is 1.62. The zero-order valence-corrected chi connectivity index (χ0v) is 9.70. The van der Waals surface area contributed by atoms with Gasteiger partial charge in [0.2, 0.25) is 0 Å². The molecule has 1 unspecified atom stereocenters. The van der Waals surface area contributed by atoms with Crippen molar-refractivity contribution in [2.45, 2.75) is 31.2 Å². The van der Waals surface area contributed by atoms with Crippen molar-refractivity contribution in [3.05, 3.63) is 0 Å². The van der Waals surface area contributed by atoms with Crippen LogP contribution in [0, 0.1) is 5.92 Å². The second-order valence-corrected chi connectivity index (χ2v) is 4.79. The van der Waals surface area contributed by atoms with Crippen molar-refractivity contribution in [2.24, 2.45) is 5.92 Å². The number of rotatable bonds is 5. The van der Waals surface area contributed by atoms with E-state index in [4.69, 9.17) is 9.84 Å². The number of hydrogen-bond acceptors (Lipinski definition) is 3. The molecule has 96 valence electrons. The van der Waals surface area contributed by atoms with E-state index in [1.165, 1.54) is 0 Å². The highest BCUT2D eigenvalue weighted by molar-refractivity contribution is 5.88. The number of carbonyl (C=O) groups excluding carboxylic acids is 1. The molecule has 3 N–H and O–H groups in total. The van der Waals surface area contributed by atoms with E-state index in [0.29, 0.717) is 25.3 Å². The third kappa shape index (κ3) is 3.09. The Bertz CT molecular complexity index is 309. The first-order valence-electron chi connectivity index (χ1n) is 5.99. The molecule has 0 radical (unpaired) electrons. The standard InChI is InChI=1S/C11H18N2O4/c14-9(15)11(3-4-11)13-10(16)12-5-1-8-2-6-17-7-8/h8H,1-7H2,(H,14,15)(H2,12,13,16). The number of aliphatic carboxylic acids is 1. The number of carboxylic acids is 1. The zero-order valence-electron chi connectivity index (χ0n) is 9.70. The molecule has 0 aromatic rings. The number of nitrogens with one attached hydrogen (secondary N) is 2. The number of ether oxygens (including phenoxy) is 1. The zero-order chi connectivity index (χ0) is 12.3. The summed E-state index contributed by atoms with van der Waals surface area (Å²) in [6, 6.07) is -0.385. The lowest BCUT2D eigenvalue weighted by Gasteiger charge is -2.14. The molecule has 2 amide bonds. The molecular formula is C11H18N2O4. The van der Waals surface area contributed by atoms with Crippen LogP contribution in [0.3, 0.4) is 0 Å². The van der Waals surface area contributed by atoms with Gasteiger partial charge in [-0.25, -0.2) is 9.59 Å². The summed E-state index contributed by atoms with van der Waals surface area (Å²) in [5.74, 6) is -0.429. The molecule has 1 heterocycles. The summed E-state index contributed by atoms with van der Waals surface area (Å²) in [6.07, 6.45) is 2.97. The predicted octanol–water partition coefficient (Wildman–Crippen LogP) is 0.329. The number of carbonyl (C=O) groups is 2. The SMILES string of the molecule is O=C(NCCC1CCOC1)NC1(C(=O)O)CC1. The van der Waals surface area contributed by atoms with Gasteiger partial charge < -0.3 is 20.5 Å². The van der Waals surface area contributed by atoms with Crippen molar-refractivity contribution < 1.29 is 19.4 Å². The Morgan fingerprint density at radius 1 is 1.41 bits per heavy atom. The summed E-state index contributed by atoms with van der Waals surface area (Å²) in [4.78, 5) is 22.3. The van der Waals surface area contributed by atoms with Crippen molar-refractivity contribution in [1.82, 2.24) is 10.6 Å². The highest BCUT2D eigenvalue weighted by Crippen LogP contribution is 2.35. The Morgan fingerprint density at radius 2 is 2.18 bits per heavy atom. The number of carboxylic acid groups (broad SMARTS) is 1. The monoisotopic (exact) mass is 242 g/mol. The second kappa shape index (κ2) is 4.91. The summed E-state index contributed by atoms with van der Waals surface area (Å²) in [6.45, 7) is 2.14. The smallest absolute Gasteiger partial charge is 0.329 e. The molecule has 2 fully saturated rings. The van der Waals surface area contributed by atoms with Gasteiger partial charge >= 0.3 is 12.0 Å². The first kappa shape index (κ1) is 12.2. The van der Waals surface area contributed by atoms with Gasteiger partial charge in [-0.2, -0.15) is 0 Å². The molecule has 1 aliphatic heterocycles. The van der Waals surface area contributed by atoms with E-state index in [2.05, 4.69) is 10.6 Å². The molecule has 1 saturated heterocycles. The van der Waals surface area contributed by atoms with Crippen LogP contribution in [0.2, 0.25) is 0 Å². The minimum atomic E-state index is -0.999. The largest absolute Gasteiger partial charge is 0.480 e. The van der Waals surface area contributed by atoms with E-state index in [1.807, 2.05) is 0 Å². The van der Waals surface area contributed by atoms with Crippen LogP contribution in [0.1, 0.15) is 25.7 Å². The van der Waals surface area contributed by atoms with Crippen LogP contribution in [0.4, 0.5) is 4.79 Å². The fraction of sp³-hybridized carbons (Fsp3) is 0.818. The summed E-state index contributed by atoms with van der Waals surface area (Å²) in [7, 11) is 0. The molecule has 1 aliphatic carbocycles. The van der Waals surface area contributed by atoms with Crippen molar-refractivity contribution in [3.8, 4) is 0 Å². The summed E-state index contributed by atoms with van der Waals surface area (Å²) < 4.78 is 5.23. The first-order chi connectivity index (χ1) is 8.12. The highest BCUT2D eigenvalue weighted by Gasteiger charge is 2.51. The average molecular weight is 242 g/mol. The van der Waals surface area contributed by atoms with Crippen molar-refractivity contribution in [1.29, 1.82) is 0 Å². The first-order valence-corrected chi connectivity index (χ1v) is 5.99. The van der Waals surface area contributed by atoms with Crippen LogP contribution >= 0.6 is 0 Å². The van der Waals surface area contributed by atoms with Gasteiger partial charge in [0.25, 0.3) is 0 Å². The summed E-state index contributed by atoms with van der Waals surface area (Å²) in [5, 5.41) is 14.1. The molecule has 0 bridgehead atoms. The minimum Gasteiger partial charge on any atom is -0.480 e. The van der Waals surface area contributed by atoms with Crippen LogP contribution in [-0.2, 0) is 9.53 Å². The lowest BCUT2D eigenvalue weighted by Crippen LogP contribution is -2.48. The number of amides is 2. The lowest BCUT2D eigenvalue weighted by molar-refractivity contribution is -0.140. The van der Waals surface area contributed by atoms with Crippen LogP contribution in [0.15, 0.2) is 0 Å². The van der Waals surface area contributed by atoms with Crippen LogP contribution in [0.25, 0.3) is 0 Å². The van der Waals surface area contributed by atoms with Crippen molar-refractivity contribution >= 4 is 12.0 Å². The Kier molecular flexibility index (Phi) is 3.51. The third-order valence-electron chi connectivity index (χ3n) is 3.37. The van der Waals surface area contributed by atoms with E-state index >= 15 is 0 Å². The van der Waals surface area contributed by atoms with Gasteiger partial charge in [0.15, 0.2) is 0 Å². The number of urea groups is 1. The summed E-state index contributed by atoms with van der Waals surface area (Å²) in [5.41, 5.74) is -0.999. The van der Waals surface area contributed by atoms with E-state index < -0.39 is 11.5 Å². The summed E-state index contributed by atoms with van der Waals surface area (Å²) >= 11 is 0. The van der Waals surface area contributed by atoms with Crippen molar-refractivity contribution in [3.63, 3.8) is 0 Å². The molecule has 6 nitrogen and oxygen atoms in total. The molecule has 0 aromatic heterocycles. The van der Waals surface area contributed by atoms with E-state index in [9.17, 15) is 9.59 Å². The molecule has 2 rings (SSSR count). The molecule has 0 aromatic carbocycles. The number of hydrogen-bond donors (Lipinski definition) is 3. The van der Waals surface area contributed by atoms with Gasteiger partial charge in [-0.1, -0.05) is 0 Å². The van der Waals surface area contributed by atoms with Crippen molar-refractivity contribution in [2.75, 3.05) is 19.8 Å². The van der Waals surface area contributed by atoms with E-state index in [-0.39, 0.29) is 6.03 Å². The Hall–Kier alpha value is -1.30. The minimum absolute atomic E-state index is 0.385. The molecule has 6 heteroatoms. The topological polar surface area (TPSA) is 87.7 Å². The van der Waals surface area contributed by atoms with Crippen LogP contribution in [-0.4, -0.2) is 42.4 Å². The quantitative estimate of drug-likeness (QED) is 0.648.